The predicted molar refractivity (Wildman–Crippen MR) is 91.3 cm³/mol. The summed E-state index contributed by atoms with van der Waals surface area (Å²) >= 11 is 0. The number of carbonyl (C=O) groups excluding carboxylic acids is 1. The van der Waals surface area contributed by atoms with Crippen molar-refractivity contribution in [1.82, 2.24) is 14.9 Å². The number of amides is 1. The molecule has 1 amide bonds. The topological polar surface area (TPSA) is 121 Å². The second kappa shape index (κ2) is 9.19. The van der Waals surface area contributed by atoms with E-state index in [1.165, 1.54) is 31.5 Å². The Hall–Kier alpha value is -2.38. The van der Waals surface area contributed by atoms with Crippen LogP contribution in [0.25, 0.3) is 0 Å². The number of aromatic nitrogens is 2. The number of H-pyrrole nitrogens is 1. The van der Waals surface area contributed by atoms with Crippen LogP contribution >= 0.6 is 0 Å². The van der Waals surface area contributed by atoms with Gasteiger partial charge >= 0.3 is 11.7 Å². The summed E-state index contributed by atoms with van der Waals surface area (Å²) in [4.78, 5) is 47.9. The van der Waals surface area contributed by atoms with Crippen molar-refractivity contribution >= 4 is 11.9 Å². The van der Waals surface area contributed by atoms with E-state index in [-0.39, 0.29) is 24.9 Å². The van der Waals surface area contributed by atoms with Crippen LogP contribution in [0, 0.1) is 5.92 Å². The zero-order valence-electron chi connectivity index (χ0n) is 14.2. The third-order valence-corrected chi connectivity index (χ3v) is 4.63. The van der Waals surface area contributed by atoms with Gasteiger partial charge in [-0.3, -0.25) is 23.9 Å². The van der Waals surface area contributed by atoms with Crippen molar-refractivity contribution < 1.29 is 14.7 Å². The van der Waals surface area contributed by atoms with Gasteiger partial charge in [0.25, 0.3) is 5.56 Å². The van der Waals surface area contributed by atoms with Crippen LogP contribution in [-0.2, 0) is 16.1 Å². The minimum atomic E-state index is -0.889. The third-order valence-electron chi connectivity index (χ3n) is 4.63. The maximum Gasteiger partial charge on any atom is 0.328 e. The lowest BCUT2D eigenvalue weighted by molar-refractivity contribution is -0.137. The molecule has 1 unspecified atom stereocenters. The highest BCUT2D eigenvalue weighted by atomic mass is 16.4. The molecule has 1 aromatic heterocycles. The Labute approximate surface area is 145 Å². The first-order valence-corrected chi connectivity index (χ1v) is 8.75. The van der Waals surface area contributed by atoms with Crippen LogP contribution in [0.15, 0.2) is 21.9 Å². The van der Waals surface area contributed by atoms with Crippen LogP contribution in [-0.4, -0.2) is 32.6 Å². The first-order valence-electron chi connectivity index (χ1n) is 8.75. The summed E-state index contributed by atoms with van der Waals surface area (Å²) < 4.78 is 1.12. The van der Waals surface area contributed by atoms with Crippen LogP contribution in [0.3, 0.4) is 0 Å². The number of nitrogens with zero attached hydrogens (tertiary/aromatic N) is 1. The van der Waals surface area contributed by atoms with Crippen LogP contribution in [0.2, 0.25) is 0 Å². The summed E-state index contributed by atoms with van der Waals surface area (Å²) in [6, 6.07) is 0.962. The summed E-state index contributed by atoms with van der Waals surface area (Å²) in [6.45, 7) is -0.205. The van der Waals surface area contributed by atoms with Gasteiger partial charge in [0.15, 0.2) is 0 Å². The Morgan fingerprint density at radius 3 is 2.64 bits per heavy atom. The third kappa shape index (κ3) is 6.56. The van der Waals surface area contributed by atoms with Crippen molar-refractivity contribution in [3.63, 3.8) is 0 Å². The van der Waals surface area contributed by atoms with E-state index < -0.39 is 17.2 Å². The number of rotatable bonds is 8. The number of carboxylic acid groups (broad SMARTS) is 1. The lowest BCUT2D eigenvalue weighted by Crippen LogP contribution is -2.41. The number of aromatic amines is 1. The van der Waals surface area contributed by atoms with Crippen molar-refractivity contribution in [3.8, 4) is 0 Å². The molecule has 2 rings (SSSR count). The fourth-order valence-corrected chi connectivity index (χ4v) is 3.37. The van der Waals surface area contributed by atoms with E-state index in [0.29, 0.717) is 12.3 Å². The minimum Gasteiger partial charge on any atom is -0.481 e. The number of nitrogens with one attached hydrogen (secondary N) is 2. The summed E-state index contributed by atoms with van der Waals surface area (Å²) in [6.07, 6.45) is 8.21. The first-order chi connectivity index (χ1) is 11.9. The normalized spacial score (nSPS) is 16.3. The van der Waals surface area contributed by atoms with Gasteiger partial charge < -0.3 is 10.4 Å². The van der Waals surface area contributed by atoms with Crippen molar-refractivity contribution in [2.45, 2.75) is 64.0 Å². The zero-order valence-corrected chi connectivity index (χ0v) is 14.2. The van der Waals surface area contributed by atoms with Crippen LogP contribution in [0.4, 0.5) is 0 Å². The lowest BCUT2D eigenvalue weighted by Gasteiger charge is -2.27. The molecule has 3 N–H and O–H groups in total. The van der Waals surface area contributed by atoms with Crippen LogP contribution in [0.5, 0.6) is 0 Å². The molecule has 0 bridgehead atoms. The minimum absolute atomic E-state index is 0.00370. The van der Waals surface area contributed by atoms with Crippen LogP contribution < -0.4 is 16.6 Å². The van der Waals surface area contributed by atoms with Crippen molar-refractivity contribution in [3.05, 3.63) is 33.1 Å². The molecule has 25 heavy (non-hydrogen) atoms. The molecule has 0 saturated heterocycles. The molecule has 0 aliphatic heterocycles. The van der Waals surface area contributed by atoms with Gasteiger partial charge in [-0.15, -0.1) is 0 Å². The molecular formula is C17H25N3O5. The van der Waals surface area contributed by atoms with E-state index in [9.17, 15) is 19.2 Å². The number of hydrogen-bond acceptors (Lipinski definition) is 4. The predicted octanol–water partition coefficient (Wildman–Crippen LogP) is 0.857. The van der Waals surface area contributed by atoms with Gasteiger partial charge in [-0.1, -0.05) is 32.1 Å². The van der Waals surface area contributed by atoms with E-state index in [2.05, 4.69) is 10.3 Å². The number of carboxylic acids is 1. The van der Waals surface area contributed by atoms with E-state index in [1.54, 1.807) is 0 Å². The number of aliphatic carboxylic acids is 1. The van der Waals surface area contributed by atoms with Crippen molar-refractivity contribution in [1.29, 1.82) is 0 Å². The average molecular weight is 351 g/mol. The maximum absolute atomic E-state index is 12.2. The maximum atomic E-state index is 12.2. The fourth-order valence-electron chi connectivity index (χ4n) is 3.37. The molecule has 1 atom stereocenters. The fraction of sp³-hybridized carbons (Fsp3) is 0.647. The smallest absolute Gasteiger partial charge is 0.328 e. The summed E-state index contributed by atoms with van der Waals surface area (Å²) in [7, 11) is 0. The Kier molecular flexibility index (Phi) is 6.97. The summed E-state index contributed by atoms with van der Waals surface area (Å²) in [5.74, 6) is -0.747. The molecule has 8 nitrogen and oxygen atoms in total. The molecule has 1 aromatic rings. The quantitative estimate of drug-likeness (QED) is 0.641. The van der Waals surface area contributed by atoms with E-state index in [4.69, 9.17) is 5.11 Å². The molecule has 1 fully saturated rings. The highest BCUT2D eigenvalue weighted by Gasteiger charge is 2.21. The number of hydrogen-bond donors (Lipinski definition) is 3. The zero-order chi connectivity index (χ0) is 18.2. The van der Waals surface area contributed by atoms with Gasteiger partial charge in [0.1, 0.15) is 6.54 Å². The first kappa shape index (κ1) is 19.0. The second-order valence-electron chi connectivity index (χ2n) is 6.67. The Morgan fingerprint density at radius 1 is 1.28 bits per heavy atom. The molecule has 1 aliphatic carbocycles. The largest absolute Gasteiger partial charge is 0.481 e. The molecule has 0 aromatic carbocycles. The summed E-state index contributed by atoms with van der Waals surface area (Å²) in [5.41, 5.74) is -1.16. The van der Waals surface area contributed by atoms with E-state index >= 15 is 0 Å². The van der Waals surface area contributed by atoms with Gasteiger partial charge in [-0.25, -0.2) is 4.79 Å². The molecule has 1 heterocycles. The molecular weight excluding hydrogens is 326 g/mol. The molecule has 1 saturated carbocycles. The number of carbonyl (C=O) groups is 2. The SMILES string of the molecule is O=C(O)CCC(CC1CCCCC1)NC(=O)Cn1ccc(=O)[nH]c1=O. The Morgan fingerprint density at radius 2 is 2.00 bits per heavy atom. The van der Waals surface area contributed by atoms with E-state index in [0.717, 1.165) is 23.8 Å². The average Bonchev–Trinajstić information content (AvgIpc) is 2.56. The van der Waals surface area contributed by atoms with Gasteiger partial charge in [0.2, 0.25) is 5.91 Å². The van der Waals surface area contributed by atoms with Crippen LogP contribution in [0.1, 0.15) is 51.4 Å². The molecule has 0 radical (unpaired) electrons. The highest BCUT2D eigenvalue weighted by molar-refractivity contribution is 5.76. The monoisotopic (exact) mass is 351 g/mol. The van der Waals surface area contributed by atoms with Gasteiger partial charge in [-0.05, 0) is 18.8 Å². The lowest BCUT2D eigenvalue weighted by atomic mass is 9.84. The molecule has 1 aliphatic rings. The highest BCUT2D eigenvalue weighted by Crippen LogP contribution is 2.28. The van der Waals surface area contributed by atoms with Gasteiger partial charge in [0, 0.05) is 24.7 Å². The summed E-state index contributed by atoms with van der Waals surface area (Å²) in [5, 5.41) is 11.8. The van der Waals surface area contributed by atoms with Gasteiger partial charge in [-0.2, -0.15) is 0 Å². The van der Waals surface area contributed by atoms with E-state index in [1.807, 2.05) is 0 Å². The molecule has 0 spiro atoms. The van der Waals surface area contributed by atoms with Crippen molar-refractivity contribution in [2.75, 3.05) is 0 Å². The second-order valence-corrected chi connectivity index (χ2v) is 6.67. The molecule has 138 valence electrons. The van der Waals surface area contributed by atoms with Crippen molar-refractivity contribution in [2.24, 2.45) is 5.92 Å². The Balaban J connectivity index is 1.95. The Bertz CT molecular complexity index is 703. The standard InChI is InChI=1S/C17H25N3O5/c21-14-8-9-20(17(25)19-14)11-15(22)18-13(6-7-16(23)24)10-12-4-2-1-3-5-12/h8-9,12-13H,1-7,10-11H2,(H,18,22)(H,23,24)(H,19,21,25). The van der Waals surface area contributed by atoms with Gasteiger partial charge in [0.05, 0.1) is 0 Å². The molecule has 8 heteroatoms.